The van der Waals surface area contributed by atoms with Crippen molar-refractivity contribution < 1.29 is 9.59 Å². The molecule has 186 valence electrons. The van der Waals surface area contributed by atoms with Crippen LogP contribution in [0.25, 0.3) is 16.5 Å². The SMILES string of the molecule is CN=C/C(=C(/C)N)c1cn2c3c(cccc13)N(C)C(=O)[C@@H](NC(=O)C(N)=NC(=N)Cc1cccs1)C2. The minimum atomic E-state index is -0.898. The van der Waals surface area contributed by atoms with Gasteiger partial charge in [0.05, 0.1) is 17.7 Å². The van der Waals surface area contributed by atoms with Crippen LogP contribution in [0, 0.1) is 5.41 Å². The smallest absolute Gasteiger partial charge is 0.287 e. The monoisotopic (exact) mass is 504 g/mol. The molecule has 36 heavy (non-hydrogen) atoms. The third-order valence-electron chi connectivity index (χ3n) is 5.93. The number of para-hydroxylation sites is 1. The molecule has 1 aliphatic rings. The zero-order valence-corrected chi connectivity index (χ0v) is 21.1. The number of aliphatic imine (C=N–C) groups is 2. The first-order valence-corrected chi connectivity index (χ1v) is 12.1. The Hall–Kier alpha value is -4.25. The van der Waals surface area contributed by atoms with Crippen LogP contribution in [0.1, 0.15) is 17.4 Å². The highest BCUT2D eigenvalue weighted by atomic mass is 32.1. The van der Waals surface area contributed by atoms with Crippen molar-refractivity contribution in [3.05, 3.63) is 58.0 Å². The lowest BCUT2D eigenvalue weighted by Crippen LogP contribution is -2.51. The third kappa shape index (κ3) is 4.78. The highest BCUT2D eigenvalue weighted by molar-refractivity contribution is 7.10. The van der Waals surface area contributed by atoms with E-state index in [1.807, 2.05) is 53.4 Å². The number of amides is 2. The number of likely N-dealkylation sites (N-methyl/N-ethyl adjacent to an activating group) is 1. The van der Waals surface area contributed by atoms with Gasteiger partial charge < -0.3 is 26.3 Å². The van der Waals surface area contributed by atoms with Crippen LogP contribution in [0.15, 0.2) is 57.6 Å². The van der Waals surface area contributed by atoms with E-state index in [4.69, 9.17) is 16.9 Å². The standard InChI is InChI=1S/C25H28N8O2S/c1-14(26)17(11-29-2)18-12-33-13-19(25(35)32(3)20-8-4-7-16(18)22(20)33)30-24(34)23(28)31-21(27)10-15-6-5-9-36-15/h4-9,11-12,19H,10,13,26H2,1-3H3,(H,30,34)(H3,27,28,31)/b17-14+,29-11?/t19-/m0/s1. The molecule has 6 N–H and O–H groups in total. The average Bonchev–Trinajstić information content (AvgIpc) is 3.46. The molecule has 3 aromatic rings. The van der Waals surface area contributed by atoms with E-state index in [1.54, 1.807) is 20.3 Å². The molecule has 4 rings (SSSR count). The molecule has 1 aromatic carbocycles. The summed E-state index contributed by atoms with van der Waals surface area (Å²) in [6.45, 7) is 2.00. The van der Waals surface area contributed by atoms with Gasteiger partial charge in [0.25, 0.3) is 11.8 Å². The van der Waals surface area contributed by atoms with Crippen molar-refractivity contribution in [2.75, 3.05) is 19.0 Å². The van der Waals surface area contributed by atoms with E-state index in [-0.39, 0.29) is 30.5 Å². The molecule has 0 spiro atoms. The number of rotatable bonds is 5. The third-order valence-corrected chi connectivity index (χ3v) is 6.81. The van der Waals surface area contributed by atoms with Crippen molar-refractivity contribution in [3.63, 3.8) is 0 Å². The first-order chi connectivity index (χ1) is 17.2. The molecule has 0 unspecified atom stereocenters. The van der Waals surface area contributed by atoms with Crippen LogP contribution < -0.4 is 21.7 Å². The minimum Gasteiger partial charge on any atom is -0.402 e. The summed E-state index contributed by atoms with van der Waals surface area (Å²) < 4.78 is 1.94. The second kappa shape index (κ2) is 10.2. The molecule has 11 heteroatoms. The second-order valence-corrected chi connectivity index (χ2v) is 9.51. The number of nitrogens with two attached hydrogens (primary N) is 2. The van der Waals surface area contributed by atoms with Crippen molar-refractivity contribution in [1.29, 1.82) is 5.41 Å². The van der Waals surface area contributed by atoms with Crippen LogP contribution in [0.4, 0.5) is 5.69 Å². The van der Waals surface area contributed by atoms with Crippen LogP contribution in [0.2, 0.25) is 0 Å². The molecule has 3 heterocycles. The Kier molecular flexibility index (Phi) is 7.02. The van der Waals surface area contributed by atoms with Crippen molar-refractivity contribution in [1.82, 2.24) is 9.88 Å². The minimum absolute atomic E-state index is 0.0346. The lowest BCUT2D eigenvalue weighted by Gasteiger charge is -2.22. The lowest BCUT2D eigenvalue weighted by molar-refractivity contribution is -0.124. The van der Waals surface area contributed by atoms with Gasteiger partial charge in [-0.05, 0) is 24.4 Å². The van der Waals surface area contributed by atoms with E-state index in [2.05, 4.69) is 15.3 Å². The largest absolute Gasteiger partial charge is 0.402 e. The Balaban J connectivity index is 1.64. The van der Waals surface area contributed by atoms with E-state index >= 15 is 0 Å². The van der Waals surface area contributed by atoms with E-state index in [9.17, 15) is 9.59 Å². The number of thiophene rings is 1. The molecular weight excluding hydrogens is 476 g/mol. The first-order valence-electron chi connectivity index (χ1n) is 11.2. The molecule has 1 aliphatic heterocycles. The Morgan fingerprint density at radius 3 is 2.75 bits per heavy atom. The summed E-state index contributed by atoms with van der Waals surface area (Å²) in [4.78, 5) is 36.7. The van der Waals surface area contributed by atoms with Crippen LogP contribution in [0.3, 0.4) is 0 Å². The number of anilines is 1. The van der Waals surface area contributed by atoms with Crippen LogP contribution >= 0.6 is 11.3 Å². The van der Waals surface area contributed by atoms with Gasteiger partial charge in [-0.3, -0.25) is 20.0 Å². The zero-order chi connectivity index (χ0) is 26.0. The maximum absolute atomic E-state index is 13.3. The number of nitrogens with one attached hydrogen (secondary N) is 2. The summed E-state index contributed by atoms with van der Waals surface area (Å²) in [5, 5.41) is 13.6. The molecule has 0 radical (unpaired) electrons. The highest BCUT2D eigenvalue weighted by Gasteiger charge is 2.32. The van der Waals surface area contributed by atoms with Gasteiger partial charge in [0, 0.05) is 60.0 Å². The molecule has 10 nitrogen and oxygen atoms in total. The Labute approximate surface area is 212 Å². The number of aromatic nitrogens is 1. The van der Waals surface area contributed by atoms with Crippen LogP contribution in [-0.2, 0) is 22.6 Å². The van der Waals surface area contributed by atoms with Crippen molar-refractivity contribution in [3.8, 4) is 0 Å². The maximum atomic E-state index is 13.3. The number of benzene rings is 1. The van der Waals surface area contributed by atoms with Gasteiger partial charge in [-0.15, -0.1) is 11.3 Å². The normalized spacial score (nSPS) is 16.9. The molecule has 0 saturated carbocycles. The summed E-state index contributed by atoms with van der Waals surface area (Å²) in [5.41, 5.74) is 15.9. The Morgan fingerprint density at radius 1 is 1.31 bits per heavy atom. The summed E-state index contributed by atoms with van der Waals surface area (Å²) in [7, 11) is 3.35. The Bertz CT molecular complexity index is 1430. The second-order valence-electron chi connectivity index (χ2n) is 8.48. The molecule has 0 fully saturated rings. The molecule has 0 saturated heterocycles. The lowest BCUT2D eigenvalue weighted by atomic mass is 10.0. The van der Waals surface area contributed by atoms with Gasteiger partial charge >= 0.3 is 0 Å². The fraction of sp³-hybridized carbons (Fsp3) is 0.240. The predicted octanol–water partition coefficient (Wildman–Crippen LogP) is 2.13. The number of carbonyl (C=O) groups is 2. The number of hydrogen-bond donors (Lipinski definition) is 4. The first kappa shape index (κ1) is 24.9. The molecule has 2 aromatic heterocycles. The zero-order valence-electron chi connectivity index (χ0n) is 20.3. The number of carbonyl (C=O) groups excluding carboxylic acids is 2. The molecule has 1 atom stereocenters. The number of amidine groups is 2. The van der Waals surface area contributed by atoms with E-state index in [1.165, 1.54) is 16.2 Å². The van der Waals surface area contributed by atoms with Gasteiger partial charge in [0.15, 0.2) is 5.84 Å². The van der Waals surface area contributed by atoms with Crippen LogP contribution in [-0.4, -0.2) is 54.4 Å². The molecular formula is C25H28N8O2S. The summed E-state index contributed by atoms with van der Waals surface area (Å²) in [5.74, 6) is -1.39. The van der Waals surface area contributed by atoms with E-state index in [0.29, 0.717) is 11.4 Å². The summed E-state index contributed by atoms with van der Waals surface area (Å²) >= 11 is 1.49. The fourth-order valence-corrected chi connectivity index (χ4v) is 4.97. The van der Waals surface area contributed by atoms with E-state index < -0.39 is 11.9 Å². The van der Waals surface area contributed by atoms with Gasteiger partial charge in [-0.1, -0.05) is 18.2 Å². The Morgan fingerprint density at radius 2 is 2.08 bits per heavy atom. The quantitative estimate of drug-likeness (QED) is 0.310. The number of nitrogens with zero attached hydrogens (tertiary/aromatic N) is 4. The number of hydrogen-bond acceptors (Lipinski definition) is 6. The average molecular weight is 505 g/mol. The predicted molar refractivity (Wildman–Crippen MR) is 146 cm³/mol. The van der Waals surface area contributed by atoms with Crippen molar-refractivity contribution in [2.45, 2.75) is 25.9 Å². The molecule has 0 aliphatic carbocycles. The molecule has 2 amide bonds. The van der Waals surface area contributed by atoms with Gasteiger partial charge in [-0.25, -0.2) is 4.99 Å². The van der Waals surface area contributed by atoms with Crippen molar-refractivity contribution >= 4 is 63.2 Å². The summed E-state index contributed by atoms with van der Waals surface area (Å²) in [6, 6.07) is 8.58. The topological polar surface area (TPSA) is 155 Å². The maximum Gasteiger partial charge on any atom is 0.287 e. The van der Waals surface area contributed by atoms with Crippen molar-refractivity contribution in [2.24, 2.45) is 21.5 Å². The molecule has 0 bridgehead atoms. The fourth-order valence-electron chi connectivity index (χ4n) is 4.26. The highest BCUT2D eigenvalue weighted by Crippen LogP contribution is 2.35. The summed E-state index contributed by atoms with van der Waals surface area (Å²) in [6.07, 6.45) is 3.90. The number of allylic oxidation sites excluding steroid dienone is 2. The van der Waals surface area contributed by atoms with E-state index in [0.717, 1.165) is 26.9 Å². The van der Waals surface area contributed by atoms with Gasteiger partial charge in [-0.2, -0.15) is 0 Å². The van der Waals surface area contributed by atoms with Crippen LogP contribution in [0.5, 0.6) is 0 Å². The van der Waals surface area contributed by atoms with Gasteiger partial charge in [0.2, 0.25) is 0 Å². The van der Waals surface area contributed by atoms with Gasteiger partial charge in [0.1, 0.15) is 11.9 Å².